The molecule has 0 radical (unpaired) electrons. The molecule has 2 aromatic rings. The fourth-order valence-corrected chi connectivity index (χ4v) is 2.21. The van der Waals surface area contributed by atoms with Crippen molar-refractivity contribution in [3.63, 3.8) is 0 Å². The van der Waals surface area contributed by atoms with Crippen LogP contribution < -0.4 is 0 Å². The van der Waals surface area contributed by atoms with Crippen LogP contribution in [0.15, 0.2) is 33.8 Å². The molecule has 1 nitrogen and oxygen atoms in total. The molecular formula is C10H11ClOS. The highest BCUT2D eigenvalue weighted by molar-refractivity contribution is 8.15. The largest absolute Gasteiger partial charge is 0.463 e. The molecule has 0 atom stereocenters. The number of benzene rings is 1. The van der Waals surface area contributed by atoms with E-state index in [-0.39, 0.29) is 10.9 Å². The molecule has 0 fully saturated rings. The molecule has 3 heteroatoms. The Labute approximate surface area is 85.0 Å². The van der Waals surface area contributed by atoms with Crippen LogP contribution in [0.4, 0.5) is 0 Å². The van der Waals surface area contributed by atoms with Crippen molar-refractivity contribution < 1.29 is 4.42 Å². The average molecular weight is 215 g/mol. The Balaban J connectivity index is 2.63. The fraction of sp³-hybridized carbons (Fsp3) is 0.200. The predicted molar refractivity (Wildman–Crippen MR) is 60.3 cm³/mol. The summed E-state index contributed by atoms with van der Waals surface area (Å²) in [5.41, 5.74) is 0.888. The molecule has 70 valence electrons. The second-order valence-corrected chi connectivity index (χ2v) is 5.87. The summed E-state index contributed by atoms with van der Waals surface area (Å²) in [5, 5.41) is 1.69. The SMILES string of the molecule is C[SH](C)c1ccc2c(Cl)coc2c1. The van der Waals surface area contributed by atoms with Gasteiger partial charge in [0.05, 0.1) is 5.02 Å². The van der Waals surface area contributed by atoms with E-state index >= 15 is 0 Å². The molecule has 0 unspecified atom stereocenters. The zero-order valence-corrected chi connectivity index (χ0v) is 9.19. The average Bonchev–Trinajstić information content (AvgIpc) is 2.47. The maximum atomic E-state index is 5.92. The summed E-state index contributed by atoms with van der Waals surface area (Å²) in [5.74, 6) is 0. The molecular weight excluding hydrogens is 204 g/mol. The predicted octanol–water partition coefficient (Wildman–Crippen LogP) is 3.71. The normalized spacial score (nSPS) is 12.1. The zero-order chi connectivity index (χ0) is 9.42. The lowest BCUT2D eigenvalue weighted by atomic mass is 10.3. The van der Waals surface area contributed by atoms with E-state index in [9.17, 15) is 0 Å². The van der Waals surface area contributed by atoms with E-state index in [0.29, 0.717) is 5.02 Å². The summed E-state index contributed by atoms with van der Waals surface area (Å²) in [7, 11) is -0.0626. The highest BCUT2D eigenvalue weighted by atomic mass is 35.5. The third-order valence-electron chi connectivity index (χ3n) is 2.03. The van der Waals surface area contributed by atoms with Crippen molar-refractivity contribution in [2.24, 2.45) is 0 Å². The van der Waals surface area contributed by atoms with Crippen molar-refractivity contribution in [3.8, 4) is 0 Å². The Bertz CT molecular complexity index is 433. The van der Waals surface area contributed by atoms with Gasteiger partial charge in [-0.05, 0) is 35.6 Å². The Morgan fingerprint density at radius 2 is 2.08 bits per heavy atom. The van der Waals surface area contributed by atoms with Crippen molar-refractivity contribution in [2.75, 3.05) is 12.5 Å². The van der Waals surface area contributed by atoms with Gasteiger partial charge in [0.15, 0.2) is 0 Å². The molecule has 0 saturated heterocycles. The van der Waals surface area contributed by atoms with E-state index in [1.165, 1.54) is 4.90 Å². The first-order valence-corrected chi connectivity index (χ1v) is 6.64. The summed E-state index contributed by atoms with van der Waals surface area (Å²) in [4.78, 5) is 1.34. The van der Waals surface area contributed by atoms with E-state index < -0.39 is 0 Å². The lowest BCUT2D eigenvalue weighted by Gasteiger charge is -2.08. The Hall–Kier alpha value is -0.600. The molecule has 0 N–H and O–H groups in total. The van der Waals surface area contributed by atoms with Gasteiger partial charge in [-0.2, -0.15) is 0 Å². The van der Waals surface area contributed by atoms with Gasteiger partial charge in [-0.1, -0.05) is 11.6 Å². The minimum atomic E-state index is -0.0626. The van der Waals surface area contributed by atoms with Crippen LogP contribution in [0.2, 0.25) is 5.02 Å². The quantitative estimate of drug-likeness (QED) is 0.715. The first kappa shape index (κ1) is 8.97. The monoisotopic (exact) mass is 214 g/mol. The second kappa shape index (κ2) is 3.28. The lowest BCUT2D eigenvalue weighted by molar-refractivity contribution is 0.615. The van der Waals surface area contributed by atoms with Gasteiger partial charge >= 0.3 is 0 Å². The van der Waals surface area contributed by atoms with Crippen LogP contribution in [0.5, 0.6) is 0 Å². The molecule has 1 heterocycles. The van der Waals surface area contributed by atoms with Crippen LogP contribution in [0.1, 0.15) is 0 Å². The number of rotatable bonds is 1. The van der Waals surface area contributed by atoms with E-state index in [1.54, 1.807) is 6.26 Å². The lowest BCUT2D eigenvalue weighted by Crippen LogP contribution is -1.76. The van der Waals surface area contributed by atoms with E-state index in [4.69, 9.17) is 16.0 Å². The summed E-state index contributed by atoms with van der Waals surface area (Å²) < 4.78 is 5.32. The van der Waals surface area contributed by atoms with Crippen LogP contribution in [0, 0.1) is 0 Å². The van der Waals surface area contributed by atoms with E-state index in [1.807, 2.05) is 6.07 Å². The van der Waals surface area contributed by atoms with Crippen LogP contribution in [0.3, 0.4) is 0 Å². The number of halogens is 1. The van der Waals surface area contributed by atoms with Crippen LogP contribution in [-0.4, -0.2) is 12.5 Å². The molecule has 1 aromatic heterocycles. The molecule has 0 aliphatic heterocycles. The molecule has 2 rings (SSSR count). The highest BCUT2D eigenvalue weighted by Gasteiger charge is 2.04. The van der Waals surface area contributed by atoms with E-state index in [2.05, 4.69) is 24.6 Å². The minimum absolute atomic E-state index is 0.0626. The molecule has 0 saturated carbocycles. The van der Waals surface area contributed by atoms with Gasteiger partial charge in [0, 0.05) is 5.39 Å². The van der Waals surface area contributed by atoms with Gasteiger partial charge in [-0.25, -0.2) is 10.9 Å². The van der Waals surface area contributed by atoms with Gasteiger partial charge < -0.3 is 4.42 Å². The van der Waals surface area contributed by atoms with Gasteiger partial charge in [0.2, 0.25) is 0 Å². The van der Waals surface area contributed by atoms with Crippen LogP contribution in [0.25, 0.3) is 11.0 Å². The van der Waals surface area contributed by atoms with Crippen molar-refractivity contribution in [2.45, 2.75) is 4.90 Å². The third kappa shape index (κ3) is 1.56. The van der Waals surface area contributed by atoms with Gasteiger partial charge in [0.25, 0.3) is 0 Å². The smallest absolute Gasteiger partial charge is 0.136 e. The standard InChI is InChI=1S/C10H11ClOS/c1-13(2)7-3-4-8-9(11)6-12-10(8)5-7/h3-6,13H,1-2H3. The fourth-order valence-electron chi connectivity index (χ4n) is 1.26. The van der Waals surface area contributed by atoms with Crippen LogP contribution in [-0.2, 0) is 0 Å². The van der Waals surface area contributed by atoms with Gasteiger partial charge in [-0.3, -0.25) is 0 Å². The number of fused-ring (bicyclic) bond motifs is 1. The van der Waals surface area contributed by atoms with Crippen molar-refractivity contribution in [3.05, 3.63) is 29.5 Å². The van der Waals surface area contributed by atoms with Crippen molar-refractivity contribution >= 4 is 33.5 Å². The molecule has 0 bridgehead atoms. The summed E-state index contributed by atoms with van der Waals surface area (Å²) >= 11 is 5.92. The van der Waals surface area contributed by atoms with Crippen LogP contribution >= 0.6 is 22.5 Å². The molecule has 0 aliphatic carbocycles. The topological polar surface area (TPSA) is 13.1 Å². The summed E-state index contributed by atoms with van der Waals surface area (Å²) in [6.45, 7) is 0. The van der Waals surface area contributed by atoms with E-state index in [0.717, 1.165) is 11.0 Å². The first-order chi connectivity index (χ1) is 6.18. The molecule has 1 aromatic carbocycles. The second-order valence-electron chi connectivity index (χ2n) is 3.16. The van der Waals surface area contributed by atoms with Crippen molar-refractivity contribution in [1.82, 2.24) is 0 Å². The molecule has 0 aliphatic rings. The highest BCUT2D eigenvalue weighted by Crippen LogP contribution is 2.33. The van der Waals surface area contributed by atoms with Crippen molar-refractivity contribution in [1.29, 1.82) is 0 Å². The first-order valence-electron chi connectivity index (χ1n) is 4.02. The Morgan fingerprint density at radius 1 is 1.31 bits per heavy atom. The van der Waals surface area contributed by atoms with Gasteiger partial charge in [-0.15, -0.1) is 0 Å². The number of hydrogen-bond donors (Lipinski definition) is 1. The number of hydrogen-bond acceptors (Lipinski definition) is 1. The summed E-state index contributed by atoms with van der Waals surface area (Å²) in [6, 6.07) is 6.22. The van der Waals surface area contributed by atoms with Gasteiger partial charge in [0.1, 0.15) is 11.8 Å². The Kier molecular flexibility index (Phi) is 2.26. The molecule has 0 spiro atoms. The maximum Gasteiger partial charge on any atom is 0.136 e. The third-order valence-corrected chi connectivity index (χ3v) is 3.63. The molecule has 13 heavy (non-hydrogen) atoms. The summed E-state index contributed by atoms with van der Waals surface area (Å²) in [6.07, 6.45) is 6.03. The zero-order valence-electron chi connectivity index (χ0n) is 7.54. The Morgan fingerprint density at radius 3 is 2.77 bits per heavy atom. The number of thiol groups is 1. The minimum Gasteiger partial charge on any atom is -0.463 e. The number of furan rings is 1. The maximum absolute atomic E-state index is 5.92. The molecule has 0 amide bonds.